The van der Waals surface area contributed by atoms with E-state index in [0.717, 1.165) is 34.0 Å². The predicted octanol–water partition coefficient (Wildman–Crippen LogP) is 7.13. The first-order chi connectivity index (χ1) is 18.6. The van der Waals surface area contributed by atoms with Crippen LogP contribution < -0.4 is 4.90 Å². The SMILES string of the molecule is CC(C)c1ccc(N2C(C)Cc3cc(-c4cnn(C)c4)ccc3C2c2c(F)cc(/C=C/C(=O)O)cc2F)cc1. The topological polar surface area (TPSA) is 58.4 Å². The number of halogens is 2. The van der Waals surface area contributed by atoms with Crippen LogP contribution in [0, 0.1) is 11.6 Å². The van der Waals surface area contributed by atoms with Crippen molar-refractivity contribution >= 4 is 17.7 Å². The summed E-state index contributed by atoms with van der Waals surface area (Å²) >= 11 is 0. The fourth-order valence-electron chi connectivity index (χ4n) is 5.48. The van der Waals surface area contributed by atoms with Crippen LogP contribution in [0.2, 0.25) is 0 Å². The number of fused-ring (bicyclic) bond motifs is 1. The number of anilines is 1. The third-order valence-electron chi connectivity index (χ3n) is 7.40. The third kappa shape index (κ3) is 5.21. The number of nitrogens with zero attached hydrogens (tertiary/aromatic N) is 3. The van der Waals surface area contributed by atoms with E-state index in [1.807, 2.05) is 37.5 Å². The van der Waals surface area contributed by atoms with Crippen LogP contribution in [-0.2, 0) is 18.3 Å². The van der Waals surface area contributed by atoms with Gasteiger partial charge in [0.2, 0.25) is 0 Å². The van der Waals surface area contributed by atoms with Gasteiger partial charge in [-0.2, -0.15) is 5.10 Å². The van der Waals surface area contributed by atoms with Gasteiger partial charge in [0.25, 0.3) is 0 Å². The lowest BCUT2D eigenvalue weighted by Gasteiger charge is -2.44. The van der Waals surface area contributed by atoms with Crippen LogP contribution in [0.1, 0.15) is 60.5 Å². The Balaban J connectivity index is 1.67. The molecular weight excluding hydrogens is 496 g/mol. The summed E-state index contributed by atoms with van der Waals surface area (Å²) in [7, 11) is 1.86. The molecule has 5 nitrogen and oxygen atoms in total. The van der Waals surface area contributed by atoms with E-state index in [2.05, 4.69) is 49.0 Å². The zero-order valence-corrected chi connectivity index (χ0v) is 22.4. The van der Waals surface area contributed by atoms with E-state index in [1.165, 1.54) is 23.8 Å². The quantitative estimate of drug-likeness (QED) is 0.271. The number of aryl methyl sites for hydroxylation is 1. The first-order valence-electron chi connectivity index (χ1n) is 13.0. The minimum Gasteiger partial charge on any atom is -0.478 e. The highest BCUT2D eigenvalue weighted by molar-refractivity contribution is 5.85. The van der Waals surface area contributed by atoms with Crippen LogP contribution >= 0.6 is 0 Å². The number of benzene rings is 3. The molecule has 0 saturated heterocycles. The van der Waals surface area contributed by atoms with Crippen molar-refractivity contribution in [2.75, 3.05) is 4.90 Å². The standard InChI is InChI=1S/C32H31F2N3O2/c1-19(2)22-6-9-26(10-7-22)37-20(3)13-24-16-23(25-17-35-36(4)18-25)8-11-27(24)32(37)31-28(33)14-21(15-29(31)34)5-12-30(38)39/h5-12,14-20,32H,13H2,1-4H3,(H,38,39)/b12-5+. The summed E-state index contributed by atoms with van der Waals surface area (Å²) in [5.74, 6) is -2.26. The first kappa shape index (κ1) is 26.4. The Kier molecular flexibility index (Phi) is 7.08. The zero-order valence-electron chi connectivity index (χ0n) is 22.4. The van der Waals surface area contributed by atoms with Gasteiger partial charge in [-0.05, 0) is 77.4 Å². The molecule has 5 rings (SSSR count). The van der Waals surface area contributed by atoms with Crippen molar-refractivity contribution in [3.05, 3.63) is 113 Å². The summed E-state index contributed by atoms with van der Waals surface area (Å²) < 4.78 is 33.3. The maximum Gasteiger partial charge on any atom is 0.328 e. The second-order valence-corrected chi connectivity index (χ2v) is 10.5. The highest BCUT2D eigenvalue weighted by Gasteiger charge is 2.37. The van der Waals surface area contributed by atoms with Crippen molar-refractivity contribution in [2.24, 2.45) is 7.05 Å². The van der Waals surface area contributed by atoms with Crippen molar-refractivity contribution in [3.63, 3.8) is 0 Å². The fraction of sp³-hybridized carbons (Fsp3) is 0.250. The molecule has 2 unspecified atom stereocenters. The van der Waals surface area contributed by atoms with Gasteiger partial charge in [0.1, 0.15) is 11.6 Å². The first-order valence-corrected chi connectivity index (χ1v) is 13.0. The molecule has 2 atom stereocenters. The largest absolute Gasteiger partial charge is 0.478 e. The van der Waals surface area contributed by atoms with E-state index < -0.39 is 23.6 Å². The number of rotatable bonds is 6. The average Bonchev–Trinajstić information content (AvgIpc) is 3.33. The smallest absolute Gasteiger partial charge is 0.328 e. The van der Waals surface area contributed by atoms with E-state index in [0.29, 0.717) is 12.3 Å². The molecule has 1 N–H and O–H groups in total. The minimum atomic E-state index is -1.18. The van der Waals surface area contributed by atoms with Gasteiger partial charge in [-0.3, -0.25) is 4.68 Å². The van der Waals surface area contributed by atoms with Gasteiger partial charge < -0.3 is 10.0 Å². The Morgan fingerprint density at radius 1 is 1.05 bits per heavy atom. The van der Waals surface area contributed by atoms with Crippen molar-refractivity contribution < 1.29 is 18.7 Å². The monoisotopic (exact) mass is 527 g/mol. The molecule has 0 amide bonds. The molecule has 0 radical (unpaired) electrons. The number of aromatic nitrogens is 2. The Hall–Kier alpha value is -4.26. The molecule has 0 spiro atoms. The van der Waals surface area contributed by atoms with Crippen LogP contribution in [0.4, 0.5) is 14.5 Å². The fourth-order valence-corrected chi connectivity index (χ4v) is 5.48. The van der Waals surface area contributed by atoms with Crippen LogP contribution in [0.25, 0.3) is 17.2 Å². The number of aliphatic carboxylic acids is 1. The summed E-state index contributed by atoms with van der Waals surface area (Å²) in [6.45, 7) is 6.33. The second-order valence-electron chi connectivity index (χ2n) is 10.5. The number of carbonyl (C=O) groups is 1. The Bertz CT molecular complexity index is 1530. The lowest BCUT2D eigenvalue weighted by atomic mass is 9.82. The molecule has 0 saturated carbocycles. The molecule has 0 bridgehead atoms. The lowest BCUT2D eigenvalue weighted by molar-refractivity contribution is -0.131. The molecule has 7 heteroatoms. The van der Waals surface area contributed by atoms with Crippen LogP contribution in [0.15, 0.2) is 73.1 Å². The summed E-state index contributed by atoms with van der Waals surface area (Å²) in [4.78, 5) is 13.0. The molecule has 4 aromatic rings. The Morgan fingerprint density at radius 2 is 1.74 bits per heavy atom. The molecule has 2 heterocycles. The van der Waals surface area contributed by atoms with Crippen molar-refractivity contribution in [1.82, 2.24) is 9.78 Å². The summed E-state index contributed by atoms with van der Waals surface area (Å²) in [6, 6.07) is 15.8. The molecule has 3 aromatic carbocycles. The number of hydrogen-bond donors (Lipinski definition) is 1. The maximum absolute atomic E-state index is 15.8. The van der Waals surface area contributed by atoms with E-state index in [9.17, 15) is 4.79 Å². The van der Waals surface area contributed by atoms with Gasteiger partial charge in [0.05, 0.1) is 17.8 Å². The van der Waals surface area contributed by atoms with E-state index >= 15 is 8.78 Å². The maximum atomic E-state index is 15.8. The Labute approximate surface area is 227 Å². The van der Waals surface area contributed by atoms with Crippen molar-refractivity contribution in [1.29, 1.82) is 0 Å². The van der Waals surface area contributed by atoms with Gasteiger partial charge in [-0.15, -0.1) is 0 Å². The second kappa shape index (κ2) is 10.5. The zero-order chi connectivity index (χ0) is 27.8. The highest BCUT2D eigenvalue weighted by Crippen LogP contribution is 2.44. The summed E-state index contributed by atoms with van der Waals surface area (Å²) in [6.07, 6.45) is 6.51. The van der Waals surface area contributed by atoms with Gasteiger partial charge in [-0.25, -0.2) is 13.6 Å². The summed E-state index contributed by atoms with van der Waals surface area (Å²) in [5.41, 5.74) is 6.00. The summed E-state index contributed by atoms with van der Waals surface area (Å²) in [5, 5.41) is 13.2. The molecule has 39 heavy (non-hydrogen) atoms. The van der Waals surface area contributed by atoms with Gasteiger partial charge in [-0.1, -0.05) is 44.2 Å². The number of carboxylic acid groups (broad SMARTS) is 1. The molecule has 1 aliphatic heterocycles. The van der Waals surface area contributed by atoms with Gasteiger partial charge >= 0.3 is 5.97 Å². The number of carboxylic acids is 1. The molecule has 0 fully saturated rings. The van der Waals surface area contributed by atoms with E-state index in [1.54, 1.807) is 10.9 Å². The average molecular weight is 528 g/mol. The number of hydrogen-bond acceptors (Lipinski definition) is 3. The van der Waals surface area contributed by atoms with Crippen molar-refractivity contribution in [2.45, 2.75) is 45.2 Å². The third-order valence-corrected chi connectivity index (χ3v) is 7.40. The molecular formula is C32H31F2N3O2. The Morgan fingerprint density at radius 3 is 2.33 bits per heavy atom. The highest BCUT2D eigenvalue weighted by atomic mass is 19.1. The van der Waals surface area contributed by atoms with Gasteiger partial charge in [0, 0.05) is 36.6 Å². The minimum absolute atomic E-state index is 0.0538. The molecule has 0 aliphatic carbocycles. The normalized spacial score (nSPS) is 17.2. The van der Waals surface area contributed by atoms with E-state index in [-0.39, 0.29) is 17.2 Å². The van der Waals surface area contributed by atoms with Crippen LogP contribution in [-0.4, -0.2) is 26.9 Å². The van der Waals surface area contributed by atoms with Crippen LogP contribution in [0.5, 0.6) is 0 Å². The molecule has 1 aromatic heterocycles. The molecule has 200 valence electrons. The molecule has 1 aliphatic rings. The predicted molar refractivity (Wildman–Crippen MR) is 150 cm³/mol. The van der Waals surface area contributed by atoms with Crippen LogP contribution in [0.3, 0.4) is 0 Å². The lowest BCUT2D eigenvalue weighted by Crippen LogP contribution is -2.43. The van der Waals surface area contributed by atoms with Gasteiger partial charge in [0.15, 0.2) is 0 Å². The van der Waals surface area contributed by atoms with Crippen molar-refractivity contribution in [3.8, 4) is 11.1 Å². The van der Waals surface area contributed by atoms with E-state index in [4.69, 9.17) is 5.11 Å².